The molecular formula is C25H28O3S4. The summed E-state index contributed by atoms with van der Waals surface area (Å²) in [6, 6.07) is 30.6. The van der Waals surface area contributed by atoms with E-state index in [0.717, 1.165) is 17.3 Å². The van der Waals surface area contributed by atoms with E-state index in [1.807, 2.05) is 54.6 Å². The lowest BCUT2D eigenvalue weighted by Crippen LogP contribution is -2.29. The fourth-order valence-electron chi connectivity index (χ4n) is 2.99. The second-order valence-corrected chi connectivity index (χ2v) is 13.4. The van der Waals surface area contributed by atoms with Crippen LogP contribution in [0.15, 0.2) is 91.0 Å². The molecule has 170 valence electrons. The lowest BCUT2D eigenvalue weighted by atomic mass is 10.2. The molecule has 0 atom stereocenters. The average Bonchev–Trinajstić information content (AvgIpc) is 2.82. The Morgan fingerprint density at radius 1 is 0.656 bits per heavy atom. The number of thioether (sulfide) groups is 3. The fourth-order valence-corrected chi connectivity index (χ4v) is 9.96. The summed E-state index contributed by atoms with van der Waals surface area (Å²) >= 11 is 5.04. The minimum Gasteiger partial charge on any atom is -0.270 e. The van der Waals surface area contributed by atoms with Crippen molar-refractivity contribution in [2.75, 3.05) is 12.4 Å². The van der Waals surface area contributed by atoms with Crippen LogP contribution in [0.25, 0.3) is 0 Å². The molecule has 0 fully saturated rings. The first kappa shape index (κ1) is 25.2. The fraction of sp³-hybridized carbons (Fsp3) is 0.280. The van der Waals surface area contributed by atoms with Crippen LogP contribution in [-0.2, 0) is 31.6 Å². The minimum atomic E-state index is -3.66. The zero-order chi connectivity index (χ0) is 22.7. The van der Waals surface area contributed by atoms with Crippen molar-refractivity contribution < 1.29 is 12.6 Å². The van der Waals surface area contributed by atoms with Gasteiger partial charge in [0.2, 0.25) is 0 Å². The van der Waals surface area contributed by atoms with E-state index >= 15 is 0 Å². The molecule has 3 aromatic rings. The van der Waals surface area contributed by atoms with E-state index in [1.54, 1.807) is 42.2 Å². The standard InChI is InChI=1S/C25H28O3S4/c1-2-28-32(26,27)21-25(29-18-22-12-6-3-7-13-22,30-19-23-14-8-4-9-15-23)31-20-24-16-10-5-11-17-24/h3-17H,2,18-21H2,1H3. The molecule has 0 radical (unpaired) electrons. The largest absolute Gasteiger partial charge is 0.270 e. The highest BCUT2D eigenvalue weighted by Gasteiger charge is 2.38. The molecule has 32 heavy (non-hydrogen) atoms. The summed E-state index contributed by atoms with van der Waals surface area (Å²) in [6.07, 6.45) is 0. The highest BCUT2D eigenvalue weighted by atomic mass is 32.3. The Bertz CT molecular complexity index is 920. The van der Waals surface area contributed by atoms with Gasteiger partial charge >= 0.3 is 0 Å². The van der Waals surface area contributed by atoms with Crippen LogP contribution in [0, 0.1) is 0 Å². The van der Waals surface area contributed by atoms with Gasteiger partial charge in [0, 0.05) is 17.3 Å². The van der Waals surface area contributed by atoms with Crippen LogP contribution >= 0.6 is 35.3 Å². The quantitative estimate of drug-likeness (QED) is 0.188. The third-order valence-corrected chi connectivity index (χ3v) is 11.8. The molecule has 0 amide bonds. The van der Waals surface area contributed by atoms with E-state index in [0.29, 0.717) is 0 Å². The first-order chi connectivity index (χ1) is 15.5. The van der Waals surface area contributed by atoms with Gasteiger partial charge in [0.05, 0.1) is 6.61 Å². The summed E-state index contributed by atoms with van der Waals surface area (Å²) in [5, 5.41) is 0. The van der Waals surface area contributed by atoms with Gasteiger partial charge in [-0.3, -0.25) is 4.18 Å². The molecule has 0 N–H and O–H groups in total. The Morgan fingerprint density at radius 2 is 1.00 bits per heavy atom. The van der Waals surface area contributed by atoms with Crippen molar-refractivity contribution in [2.24, 2.45) is 0 Å². The first-order valence-corrected chi connectivity index (χ1v) is 14.9. The van der Waals surface area contributed by atoms with Crippen molar-refractivity contribution >= 4 is 45.4 Å². The summed E-state index contributed by atoms with van der Waals surface area (Å²) in [4.78, 5) is 0. The van der Waals surface area contributed by atoms with E-state index < -0.39 is 13.5 Å². The average molecular weight is 505 g/mol. The van der Waals surface area contributed by atoms with Gasteiger partial charge in [-0.25, -0.2) is 0 Å². The highest BCUT2D eigenvalue weighted by molar-refractivity contribution is 8.33. The van der Waals surface area contributed by atoms with Gasteiger partial charge in [0.1, 0.15) is 9.16 Å². The lowest BCUT2D eigenvalue weighted by Gasteiger charge is -2.32. The van der Waals surface area contributed by atoms with Gasteiger partial charge in [-0.2, -0.15) is 8.42 Å². The molecule has 0 heterocycles. The molecule has 0 aliphatic carbocycles. The van der Waals surface area contributed by atoms with Gasteiger partial charge in [-0.1, -0.05) is 91.0 Å². The zero-order valence-electron chi connectivity index (χ0n) is 18.1. The predicted octanol–water partition coefficient (Wildman–Crippen LogP) is 6.81. The topological polar surface area (TPSA) is 43.4 Å². The number of benzene rings is 3. The second-order valence-electron chi connectivity index (χ2n) is 7.11. The molecule has 0 bridgehead atoms. The molecule has 3 rings (SSSR count). The van der Waals surface area contributed by atoms with Gasteiger partial charge in [-0.05, 0) is 23.6 Å². The number of rotatable bonds is 13. The zero-order valence-corrected chi connectivity index (χ0v) is 21.3. The Morgan fingerprint density at radius 3 is 1.31 bits per heavy atom. The van der Waals surface area contributed by atoms with Crippen molar-refractivity contribution in [3.8, 4) is 0 Å². The van der Waals surface area contributed by atoms with E-state index in [9.17, 15) is 8.42 Å². The molecule has 0 unspecified atom stereocenters. The van der Waals surface area contributed by atoms with Gasteiger partial charge in [0.25, 0.3) is 10.1 Å². The summed E-state index contributed by atoms with van der Waals surface area (Å²) in [5.74, 6) is 2.13. The Kier molecular flexibility index (Phi) is 10.1. The summed E-state index contributed by atoms with van der Waals surface area (Å²) < 4.78 is 30.2. The van der Waals surface area contributed by atoms with Crippen molar-refractivity contribution in [2.45, 2.75) is 27.6 Å². The SMILES string of the molecule is CCOS(=O)(=O)CC(SCc1ccccc1)(SCc1ccccc1)SCc1ccccc1. The van der Waals surface area contributed by atoms with Gasteiger partial charge in [0.15, 0.2) is 0 Å². The molecule has 7 heteroatoms. The van der Waals surface area contributed by atoms with Gasteiger partial charge < -0.3 is 0 Å². The lowest BCUT2D eigenvalue weighted by molar-refractivity contribution is 0.338. The molecule has 3 aromatic carbocycles. The van der Waals surface area contributed by atoms with E-state index in [1.165, 1.54) is 16.7 Å². The molecule has 0 aliphatic rings. The van der Waals surface area contributed by atoms with Gasteiger partial charge in [-0.15, -0.1) is 35.3 Å². The third kappa shape index (κ3) is 8.52. The summed E-state index contributed by atoms with van der Waals surface area (Å²) in [5.41, 5.74) is 3.53. The number of hydrogen-bond acceptors (Lipinski definition) is 6. The molecule has 0 aliphatic heterocycles. The second kappa shape index (κ2) is 12.8. The van der Waals surface area contributed by atoms with Crippen molar-refractivity contribution in [3.63, 3.8) is 0 Å². The Hall–Kier alpha value is -1.38. The van der Waals surface area contributed by atoms with Crippen LogP contribution in [0.1, 0.15) is 23.6 Å². The van der Waals surface area contributed by atoms with Crippen molar-refractivity contribution in [1.29, 1.82) is 0 Å². The van der Waals surface area contributed by atoms with Crippen molar-refractivity contribution in [3.05, 3.63) is 108 Å². The van der Waals surface area contributed by atoms with Crippen LogP contribution in [0.4, 0.5) is 0 Å². The molecule has 0 saturated heterocycles. The Balaban J connectivity index is 1.87. The highest BCUT2D eigenvalue weighted by Crippen LogP contribution is 2.51. The minimum absolute atomic E-state index is 0.0552. The Labute approximate surface area is 204 Å². The first-order valence-electron chi connectivity index (χ1n) is 10.4. The van der Waals surface area contributed by atoms with Crippen LogP contribution in [0.3, 0.4) is 0 Å². The van der Waals surface area contributed by atoms with Crippen LogP contribution in [0.5, 0.6) is 0 Å². The maximum atomic E-state index is 12.8. The van der Waals surface area contributed by atoms with Crippen molar-refractivity contribution in [1.82, 2.24) is 0 Å². The smallest absolute Gasteiger partial charge is 0.270 e. The van der Waals surface area contributed by atoms with Crippen LogP contribution in [-0.4, -0.2) is 24.2 Å². The molecule has 3 nitrogen and oxygen atoms in total. The summed E-state index contributed by atoms with van der Waals surface area (Å²) in [7, 11) is -3.66. The maximum absolute atomic E-state index is 12.8. The predicted molar refractivity (Wildman–Crippen MR) is 141 cm³/mol. The monoisotopic (exact) mass is 504 g/mol. The molecule has 0 spiro atoms. The third-order valence-electron chi connectivity index (χ3n) is 4.56. The van der Waals surface area contributed by atoms with Crippen LogP contribution < -0.4 is 0 Å². The van der Waals surface area contributed by atoms with Crippen LogP contribution in [0.2, 0.25) is 0 Å². The van der Waals surface area contributed by atoms with E-state index in [4.69, 9.17) is 4.18 Å². The summed E-state index contributed by atoms with van der Waals surface area (Å²) in [6.45, 7) is 1.86. The normalized spacial score (nSPS) is 12.0. The van der Waals surface area contributed by atoms with E-state index in [2.05, 4.69) is 36.4 Å². The molecule has 0 saturated carbocycles. The van der Waals surface area contributed by atoms with E-state index in [-0.39, 0.29) is 12.4 Å². The molecule has 0 aromatic heterocycles. The maximum Gasteiger partial charge on any atom is 0.270 e. The molecular weight excluding hydrogens is 477 g/mol. The number of hydrogen-bond donors (Lipinski definition) is 0.